The van der Waals surface area contributed by atoms with E-state index in [1.165, 1.54) is 6.26 Å². The smallest absolute Gasteiger partial charge is 0.289 e. The van der Waals surface area contributed by atoms with Gasteiger partial charge >= 0.3 is 0 Å². The second-order valence-corrected chi connectivity index (χ2v) is 7.07. The maximum Gasteiger partial charge on any atom is 0.289 e. The lowest BCUT2D eigenvalue weighted by Gasteiger charge is -2.35. The fourth-order valence-electron chi connectivity index (χ4n) is 3.15. The van der Waals surface area contributed by atoms with E-state index in [0.717, 1.165) is 18.7 Å². The molecule has 28 heavy (non-hydrogen) atoms. The second-order valence-electron chi connectivity index (χ2n) is 7.07. The van der Waals surface area contributed by atoms with Crippen LogP contribution in [-0.4, -0.2) is 80.0 Å². The van der Waals surface area contributed by atoms with Crippen LogP contribution < -0.4 is 10.2 Å². The molecule has 8 nitrogen and oxygen atoms in total. The molecule has 2 aromatic heterocycles. The van der Waals surface area contributed by atoms with Crippen molar-refractivity contribution in [3.63, 3.8) is 0 Å². The molecule has 150 valence electrons. The van der Waals surface area contributed by atoms with Gasteiger partial charge in [0.05, 0.1) is 6.26 Å². The Bertz CT molecular complexity index is 783. The highest BCUT2D eigenvalue weighted by molar-refractivity contribution is 5.93. The molecule has 1 N–H and O–H groups in total. The van der Waals surface area contributed by atoms with Gasteiger partial charge in [0.25, 0.3) is 11.8 Å². The van der Waals surface area contributed by atoms with Gasteiger partial charge in [-0.3, -0.25) is 14.6 Å². The van der Waals surface area contributed by atoms with E-state index in [1.54, 1.807) is 23.2 Å². The number of hydrogen-bond acceptors (Lipinski definition) is 6. The van der Waals surface area contributed by atoms with Gasteiger partial charge in [0, 0.05) is 44.6 Å². The molecule has 3 heterocycles. The van der Waals surface area contributed by atoms with Crippen LogP contribution in [0, 0.1) is 0 Å². The van der Waals surface area contributed by atoms with E-state index < -0.39 is 0 Å². The maximum absolute atomic E-state index is 12.4. The highest BCUT2D eigenvalue weighted by atomic mass is 16.3. The number of hydrogen-bond donors (Lipinski definition) is 1. The highest BCUT2D eigenvalue weighted by Gasteiger charge is 2.24. The minimum absolute atomic E-state index is 0.0860. The van der Waals surface area contributed by atoms with E-state index in [2.05, 4.69) is 20.1 Å². The van der Waals surface area contributed by atoms with E-state index in [9.17, 15) is 9.59 Å². The number of anilines is 1. The van der Waals surface area contributed by atoms with Crippen molar-refractivity contribution in [3.8, 4) is 0 Å². The molecule has 0 aromatic carbocycles. The molecule has 0 atom stereocenters. The number of furan rings is 1. The SMILES string of the molecule is CN(C)CCCNC(=O)c1cc(N2CCN(C(=O)c3ccco3)CC2)ccn1. The summed E-state index contributed by atoms with van der Waals surface area (Å²) in [6, 6.07) is 7.10. The van der Waals surface area contributed by atoms with E-state index in [1.807, 2.05) is 26.2 Å². The number of carbonyl (C=O) groups excluding carboxylic acids is 2. The molecule has 2 aromatic rings. The fourth-order valence-corrected chi connectivity index (χ4v) is 3.15. The summed E-state index contributed by atoms with van der Waals surface area (Å²) in [7, 11) is 4.02. The quantitative estimate of drug-likeness (QED) is 0.724. The first-order valence-corrected chi connectivity index (χ1v) is 9.51. The summed E-state index contributed by atoms with van der Waals surface area (Å²) in [4.78, 5) is 34.9. The normalized spacial score (nSPS) is 14.4. The van der Waals surface area contributed by atoms with Crippen LogP contribution >= 0.6 is 0 Å². The number of nitrogens with one attached hydrogen (secondary N) is 1. The lowest BCUT2D eigenvalue weighted by Crippen LogP contribution is -2.48. The molecular formula is C20H27N5O3. The zero-order valence-electron chi connectivity index (χ0n) is 16.4. The summed E-state index contributed by atoms with van der Waals surface area (Å²) in [6.45, 7) is 4.15. The molecule has 0 bridgehead atoms. The summed E-state index contributed by atoms with van der Waals surface area (Å²) >= 11 is 0. The van der Waals surface area contributed by atoms with Gasteiger partial charge in [-0.2, -0.15) is 0 Å². The van der Waals surface area contributed by atoms with Gasteiger partial charge in [0.15, 0.2) is 5.76 Å². The van der Waals surface area contributed by atoms with Crippen molar-refractivity contribution in [2.24, 2.45) is 0 Å². The van der Waals surface area contributed by atoms with Crippen LogP contribution in [0.3, 0.4) is 0 Å². The minimum Gasteiger partial charge on any atom is -0.459 e. The van der Waals surface area contributed by atoms with Crippen molar-refractivity contribution in [1.82, 2.24) is 20.1 Å². The molecule has 0 unspecified atom stereocenters. The zero-order valence-corrected chi connectivity index (χ0v) is 16.4. The standard InChI is InChI=1S/C20H27N5O3/c1-23(2)9-4-7-22-19(26)17-15-16(6-8-21-17)24-10-12-25(13-11-24)20(27)18-5-3-14-28-18/h3,5-6,8,14-15H,4,7,9-13H2,1-2H3,(H,22,26). The Morgan fingerprint density at radius 3 is 2.68 bits per heavy atom. The molecule has 1 saturated heterocycles. The van der Waals surface area contributed by atoms with Gasteiger partial charge in [0.1, 0.15) is 5.69 Å². The van der Waals surface area contributed by atoms with Gasteiger partial charge in [-0.25, -0.2) is 0 Å². The van der Waals surface area contributed by atoms with Gasteiger partial charge in [-0.15, -0.1) is 0 Å². The minimum atomic E-state index is -0.160. The third-order valence-electron chi connectivity index (χ3n) is 4.71. The molecule has 0 aliphatic carbocycles. The van der Waals surface area contributed by atoms with Crippen LogP contribution in [0.1, 0.15) is 27.5 Å². The van der Waals surface area contributed by atoms with Crippen LogP contribution in [0.25, 0.3) is 0 Å². The summed E-state index contributed by atoms with van der Waals surface area (Å²) < 4.78 is 5.20. The molecule has 1 fully saturated rings. The highest BCUT2D eigenvalue weighted by Crippen LogP contribution is 2.18. The Morgan fingerprint density at radius 2 is 2.00 bits per heavy atom. The number of nitrogens with zero attached hydrogens (tertiary/aromatic N) is 4. The fraction of sp³-hybridized carbons (Fsp3) is 0.450. The van der Waals surface area contributed by atoms with Gasteiger partial charge in [-0.05, 0) is 51.3 Å². The number of aromatic nitrogens is 1. The Morgan fingerprint density at radius 1 is 1.21 bits per heavy atom. The number of amides is 2. The molecule has 3 rings (SSSR count). The third kappa shape index (κ3) is 5.10. The van der Waals surface area contributed by atoms with Crippen LogP contribution in [0.2, 0.25) is 0 Å². The average molecular weight is 385 g/mol. The number of pyridine rings is 1. The Labute approximate surface area is 165 Å². The van der Waals surface area contributed by atoms with Crippen molar-refractivity contribution in [2.45, 2.75) is 6.42 Å². The molecule has 0 spiro atoms. The van der Waals surface area contributed by atoms with Crippen LogP contribution in [0.4, 0.5) is 5.69 Å². The Hall–Kier alpha value is -2.87. The molecule has 0 saturated carbocycles. The summed E-state index contributed by atoms with van der Waals surface area (Å²) in [6.07, 6.45) is 4.06. The summed E-state index contributed by atoms with van der Waals surface area (Å²) in [5.41, 5.74) is 1.36. The third-order valence-corrected chi connectivity index (χ3v) is 4.71. The maximum atomic E-state index is 12.4. The summed E-state index contributed by atoms with van der Waals surface area (Å²) in [5, 5.41) is 2.91. The first-order valence-electron chi connectivity index (χ1n) is 9.51. The van der Waals surface area contributed by atoms with Gasteiger partial charge in [0.2, 0.25) is 0 Å². The predicted molar refractivity (Wildman–Crippen MR) is 107 cm³/mol. The molecule has 1 aliphatic rings. The first-order chi connectivity index (χ1) is 13.5. The van der Waals surface area contributed by atoms with E-state index in [4.69, 9.17) is 4.42 Å². The van der Waals surface area contributed by atoms with E-state index >= 15 is 0 Å². The number of piperazine rings is 1. The Kier molecular flexibility index (Phi) is 6.65. The van der Waals surface area contributed by atoms with Crippen LogP contribution in [-0.2, 0) is 0 Å². The van der Waals surface area contributed by atoms with Gasteiger partial charge in [-0.1, -0.05) is 0 Å². The topological polar surface area (TPSA) is 81.9 Å². The van der Waals surface area contributed by atoms with Crippen LogP contribution in [0.5, 0.6) is 0 Å². The second kappa shape index (κ2) is 9.36. The number of rotatable bonds is 7. The monoisotopic (exact) mass is 385 g/mol. The van der Waals surface area contributed by atoms with Crippen molar-refractivity contribution < 1.29 is 14.0 Å². The molecule has 8 heteroatoms. The first kappa shape index (κ1) is 19.9. The summed E-state index contributed by atoms with van der Waals surface area (Å²) in [5.74, 6) is 0.120. The molecule has 2 amide bonds. The molecule has 0 radical (unpaired) electrons. The lowest BCUT2D eigenvalue weighted by molar-refractivity contribution is 0.0714. The molecular weight excluding hydrogens is 358 g/mol. The zero-order chi connectivity index (χ0) is 19.9. The number of carbonyl (C=O) groups is 2. The van der Waals surface area contributed by atoms with Gasteiger partial charge < -0.3 is 24.4 Å². The van der Waals surface area contributed by atoms with E-state index in [-0.39, 0.29) is 11.8 Å². The average Bonchev–Trinajstić information content (AvgIpc) is 3.25. The Balaban J connectivity index is 1.53. The lowest BCUT2D eigenvalue weighted by atomic mass is 10.2. The predicted octanol–water partition coefficient (Wildman–Crippen LogP) is 1.32. The van der Waals surface area contributed by atoms with Crippen molar-refractivity contribution in [1.29, 1.82) is 0 Å². The largest absolute Gasteiger partial charge is 0.459 e. The van der Waals surface area contributed by atoms with Crippen LogP contribution in [0.15, 0.2) is 41.1 Å². The van der Waals surface area contributed by atoms with Crippen molar-refractivity contribution in [2.75, 3.05) is 58.3 Å². The molecule has 1 aliphatic heterocycles. The van der Waals surface area contributed by atoms with Crippen molar-refractivity contribution >= 4 is 17.5 Å². The van der Waals surface area contributed by atoms with E-state index in [0.29, 0.717) is 44.2 Å². The van der Waals surface area contributed by atoms with Crippen molar-refractivity contribution in [3.05, 3.63) is 48.2 Å².